The van der Waals surface area contributed by atoms with E-state index < -0.39 is 10.0 Å². The molecule has 1 saturated heterocycles. The number of aromatic nitrogens is 2. The van der Waals surface area contributed by atoms with Crippen molar-refractivity contribution in [2.24, 2.45) is 0 Å². The second-order valence-corrected chi connectivity index (χ2v) is 8.29. The normalized spacial score (nSPS) is 18.8. The van der Waals surface area contributed by atoms with E-state index in [1.807, 2.05) is 10.8 Å². The van der Waals surface area contributed by atoms with Gasteiger partial charge in [0.05, 0.1) is 11.2 Å². The summed E-state index contributed by atoms with van der Waals surface area (Å²) in [6.07, 6.45) is 5.49. The summed E-state index contributed by atoms with van der Waals surface area (Å²) in [5, 5.41) is 0. The fourth-order valence-electron chi connectivity index (χ4n) is 3.20. The molecule has 1 aromatic carbocycles. The summed E-state index contributed by atoms with van der Waals surface area (Å²) in [6, 6.07) is 4.83. The highest BCUT2D eigenvalue weighted by Crippen LogP contribution is 2.33. The van der Waals surface area contributed by atoms with E-state index in [0.29, 0.717) is 37.8 Å². The van der Waals surface area contributed by atoms with Crippen LogP contribution in [0.4, 0.5) is 0 Å². The van der Waals surface area contributed by atoms with Gasteiger partial charge in [-0.15, -0.1) is 0 Å². The smallest absolute Gasteiger partial charge is 0.243 e. The topological polar surface area (TPSA) is 76.9 Å². The highest BCUT2D eigenvalue weighted by atomic mass is 32.2. The minimum absolute atomic E-state index is 0.258. The third kappa shape index (κ3) is 3.55. The van der Waals surface area contributed by atoms with E-state index in [-0.39, 0.29) is 4.90 Å². The van der Waals surface area contributed by atoms with Crippen molar-refractivity contribution in [2.45, 2.75) is 11.4 Å². The molecule has 0 atom stereocenters. The molecule has 1 fully saturated rings. The average molecular weight is 378 g/mol. The van der Waals surface area contributed by atoms with Gasteiger partial charge in [0.1, 0.15) is 13.2 Å². The first-order chi connectivity index (χ1) is 12.6. The van der Waals surface area contributed by atoms with Crippen LogP contribution in [0.1, 0.15) is 0 Å². The number of hydrogen-bond donors (Lipinski definition) is 0. The molecule has 8 nitrogen and oxygen atoms in total. The molecule has 2 aromatic rings. The molecule has 0 saturated carbocycles. The molecule has 3 heterocycles. The summed E-state index contributed by atoms with van der Waals surface area (Å²) in [6.45, 7) is 5.08. The van der Waals surface area contributed by atoms with Gasteiger partial charge in [-0.25, -0.2) is 13.4 Å². The van der Waals surface area contributed by atoms with Crippen molar-refractivity contribution in [3.05, 3.63) is 36.9 Å². The number of piperazine rings is 1. The lowest BCUT2D eigenvalue weighted by Crippen LogP contribution is -2.49. The number of ether oxygens (including phenoxy) is 2. The van der Waals surface area contributed by atoms with Gasteiger partial charge in [0.25, 0.3) is 0 Å². The molecule has 0 aliphatic carbocycles. The minimum Gasteiger partial charge on any atom is -0.486 e. The third-order valence-corrected chi connectivity index (χ3v) is 6.61. The molecule has 4 rings (SSSR count). The van der Waals surface area contributed by atoms with E-state index in [1.165, 1.54) is 0 Å². The maximum absolute atomic E-state index is 12.9. The van der Waals surface area contributed by atoms with Crippen LogP contribution >= 0.6 is 0 Å². The van der Waals surface area contributed by atoms with Gasteiger partial charge in [-0.05, 0) is 12.1 Å². The van der Waals surface area contributed by atoms with E-state index in [4.69, 9.17) is 9.47 Å². The van der Waals surface area contributed by atoms with Crippen LogP contribution < -0.4 is 9.47 Å². The summed E-state index contributed by atoms with van der Waals surface area (Å²) in [7, 11) is -3.52. The van der Waals surface area contributed by atoms with Crippen LogP contribution in [0, 0.1) is 0 Å². The first-order valence-corrected chi connectivity index (χ1v) is 10.1. The molecular weight excluding hydrogens is 356 g/mol. The number of rotatable bonds is 5. The van der Waals surface area contributed by atoms with Crippen molar-refractivity contribution < 1.29 is 17.9 Å². The van der Waals surface area contributed by atoms with Gasteiger partial charge >= 0.3 is 0 Å². The molecule has 9 heteroatoms. The van der Waals surface area contributed by atoms with Gasteiger partial charge in [-0.1, -0.05) is 0 Å². The zero-order valence-corrected chi connectivity index (χ0v) is 15.3. The predicted molar refractivity (Wildman–Crippen MR) is 94.9 cm³/mol. The van der Waals surface area contributed by atoms with Crippen molar-refractivity contribution in [1.29, 1.82) is 0 Å². The van der Waals surface area contributed by atoms with E-state index in [1.54, 1.807) is 35.0 Å². The van der Waals surface area contributed by atoms with Gasteiger partial charge in [-0.2, -0.15) is 4.31 Å². The molecular formula is C17H22N4O4S. The van der Waals surface area contributed by atoms with Crippen LogP contribution in [-0.2, 0) is 16.6 Å². The molecule has 0 amide bonds. The Morgan fingerprint density at radius 3 is 2.50 bits per heavy atom. The fourth-order valence-corrected chi connectivity index (χ4v) is 4.64. The maximum Gasteiger partial charge on any atom is 0.243 e. The monoisotopic (exact) mass is 378 g/mol. The Balaban J connectivity index is 1.38. The molecule has 0 N–H and O–H groups in total. The number of sulfonamides is 1. The van der Waals surface area contributed by atoms with Crippen LogP contribution in [-0.4, -0.2) is 73.1 Å². The molecule has 2 aliphatic rings. The second-order valence-electron chi connectivity index (χ2n) is 6.35. The van der Waals surface area contributed by atoms with Crippen molar-refractivity contribution in [1.82, 2.24) is 18.8 Å². The standard InChI is InChI=1S/C17H22N4O4S/c22-26(23,15-1-2-16-17(13-15)25-12-11-24-16)21-9-7-19(8-10-21)5-6-20-4-3-18-14-20/h1-4,13-14H,5-12H2. The number of nitrogens with zero attached hydrogens (tertiary/aromatic N) is 4. The van der Waals surface area contributed by atoms with Gasteiger partial charge < -0.3 is 14.0 Å². The van der Waals surface area contributed by atoms with E-state index in [9.17, 15) is 8.42 Å². The first-order valence-electron chi connectivity index (χ1n) is 8.71. The number of imidazole rings is 1. The lowest BCUT2D eigenvalue weighted by atomic mass is 10.3. The van der Waals surface area contributed by atoms with Crippen molar-refractivity contribution in [3.8, 4) is 11.5 Å². The summed E-state index contributed by atoms with van der Waals surface area (Å²) in [5.41, 5.74) is 0. The van der Waals surface area contributed by atoms with E-state index in [2.05, 4.69) is 9.88 Å². The quantitative estimate of drug-likeness (QED) is 0.761. The number of hydrogen-bond acceptors (Lipinski definition) is 6. The molecule has 1 aromatic heterocycles. The SMILES string of the molecule is O=S(=O)(c1ccc2c(c1)OCCO2)N1CCN(CCn2ccnc2)CC1. The summed E-state index contributed by atoms with van der Waals surface area (Å²) >= 11 is 0. The van der Waals surface area contributed by atoms with Crippen LogP contribution in [0.2, 0.25) is 0 Å². The van der Waals surface area contributed by atoms with Gasteiger partial charge in [0.2, 0.25) is 10.0 Å². The second kappa shape index (κ2) is 7.26. The fraction of sp³-hybridized carbons (Fsp3) is 0.471. The van der Waals surface area contributed by atoms with E-state index in [0.717, 1.165) is 26.2 Å². The molecule has 2 aliphatic heterocycles. The van der Waals surface area contributed by atoms with Crippen LogP contribution in [0.3, 0.4) is 0 Å². The number of benzene rings is 1. The predicted octanol–water partition coefficient (Wildman–Crippen LogP) is 0.661. The highest BCUT2D eigenvalue weighted by molar-refractivity contribution is 7.89. The third-order valence-electron chi connectivity index (χ3n) is 4.72. The first kappa shape index (κ1) is 17.3. The van der Waals surface area contributed by atoms with E-state index >= 15 is 0 Å². The Bertz CT molecular complexity index is 846. The highest BCUT2D eigenvalue weighted by Gasteiger charge is 2.29. The zero-order valence-electron chi connectivity index (χ0n) is 14.5. The van der Waals surface area contributed by atoms with Crippen molar-refractivity contribution in [2.75, 3.05) is 45.9 Å². The summed E-state index contributed by atoms with van der Waals surface area (Å²) < 4.78 is 40.4. The van der Waals surface area contributed by atoms with Gasteiger partial charge in [0.15, 0.2) is 11.5 Å². The Labute approximate surface area is 153 Å². The molecule has 140 valence electrons. The Morgan fingerprint density at radius 1 is 1.00 bits per heavy atom. The number of fused-ring (bicyclic) bond motifs is 1. The van der Waals surface area contributed by atoms with Crippen molar-refractivity contribution in [3.63, 3.8) is 0 Å². The van der Waals surface area contributed by atoms with Crippen LogP contribution in [0.15, 0.2) is 41.8 Å². The van der Waals surface area contributed by atoms with Gasteiger partial charge in [-0.3, -0.25) is 4.90 Å². The van der Waals surface area contributed by atoms with Crippen LogP contribution in [0.25, 0.3) is 0 Å². The molecule has 0 bridgehead atoms. The molecule has 26 heavy (non-hydrogen) atoms. The largest absolute Gasteiger partial charge is 0.486 e. The Morgan fingerprint density at radius 2 is 1.77 bits per heavy atom. The molecule has 0 radical (unpaired) electrons. The van der Waals surface area contributed by atoms with Gasteiger partial charge in [0, 0.05) is 57.7 Å². The van der Waals surface area contributed by atoms with Crippen LogP contribution in [0.5, 0.6) is 11.5 Å². The summed E-state index contributed by atoms with van der Waals surface area (Å²) in [5.74, 6) is 1.09. The van der Waals surface area contributed by atoms with Crippen molar-refractivity contribution >= 4 is 10.0 Å². The zero-order chi connectivity index (χ0) is 18.0. The minimum atomic E-state index is -3.52. The lowest BCUT2D eigenvalue weighted by molar-refractivity contribution is 0.170. The summed E-state index contributed by atoms with van der Waals surface area (Å²) in [4.78, 5) is 6.56. The molecule has 0 unspecified atom stereocenters. The lowest BCUT2D eigenvalue weighted by Gasteiger charge is -2.34. The molecule has 0 spiro atoms. The Kier molecular flexibility index (Phi) is 4.84. The average Bonchev–Trinajstić information content (AvgIpc) is 3.20. The maximum atomic E-state index is 12.9. The Hall–Kier alpha value is -2.10.